The van der Waals surface area contributed by atoms with Crippen molar-refractivity contribution in [3.8, 4) is 0 Å². The number of fused-ring (bicyclic) bond motifs is 1. The second kappa shape index (κ2) is 7.30. The van der Waals surface area contributed by atoms with E-state index in [0.717, 1.165) is 50.2 Å². The molecule has 3 rings (SSSR count). The first-order chi connectivity index (χ1) is 11.6. The summed E-state index contributed by atoms with van der Waals surface area (Å²) in [5.74, 6) is 0.728. The van der Waals surface area contributed by atoms with Crippen LogP contribution in [0.25, 0.3) is 11.0 Å². The van der Waals surface area contributed by atoms with Crippen molar-refractivity contribution in [1.29, 1.82) is 0 Å². The van der Waals surface area contributed by atoms with Crippen molar-refractivity contribution in [2.45, 2.75) is 39.2 Å². The molecule has 1 saturated heterocycles. The zero-order valence-electron chi connectivity index (χ0n) is 14.4. The second-order valence-electron chi connectivity index (χ2n) is 6.33. The number of carbonyl (C=O) groups excluding carboxylic acids is 1. The van der Waals surface area contributed by atoms with Gasteiger partial charge in [-0.3, -0.25) is 9.69 Å². The van der Waals surface area contributed by atoms with Crippen LogP contribution in [0.15, 0.2) is 18.2 Å². The van der Waals surface area contributed by atoms with Crippen molar-refractivity contribution in [3.05, 3.63) is 29.8 Å². The molecule has 1 amide bonds. The Labute approximate surface area is 141 Å². The number of piperidine rings is 1. The Kier molecular flexibility index (Phi) is 5.14. The van der Waals surface area contributed by atoms with Gasteiger partial charge >= 0.3 is 0 Å². The fourth-order valence-electron chi connectivity index (χ4n) is 3.50. The van der Waals surface area contributed by atoms with Gasteiger partial charge in [-0.2, -0.15) is 0 Å². The second-order valence-corrected chi connectivity index (χ2v) is 6.33. The van der Waals surface area contributed by atoms with Crippen molar-refractivity contribution in [2.75, 3.05) is 26.2 Å². The molecule has 0 saturated carbocycles. The van der Waals surface area contributed by atoms with E-state index in [1.165, 1.54) is 12.1 Å². The molecule has 0 radical (unpaired) electrons. The van der Waals surface area contributed by atoms with Crippen molar-refractivity contribution in [3.63, 3.8) is 0 Å². The van der Waals surface area contributed by atoms with Gasteiger partial charge in [-0.05, 0) is 51.4 Å². The molecule has 1 aliphatic heterocycles. The topological polar surface area (TPSA) is 52.2 Å². The molecule has 1 aromatic heterocycles. The minimum Gasteiger partial charge on any atom is -0.342 e. The fourth-order valence-corrected chi connectivity index (χ4v) is 3.50. The smallest absolute Gasteiger partial charge is 0.236 e. The maximum Gasteiger partial charge on any atom is 0.236 e. The number of benzene rings is 1. The molecule has 1 atom stereocenters. The molecule has 130 valence electrons. The number of aromatic nitrogens is 2. The summed E-state index contributed by atoms with van der Waals surface area (Å²) >= 11 is 0. The van der Waals surface area contributed by atoms with Crippen LogP contribution in [0.5, 0.6) is 0 Å². The van der Waals surface area contributed by atoms with Gasteiger partial charge in [-0.25, -0.2) is 9.37 Å². The zero-order chi connectivity index (χ0) is 17.1. The summed E-state index contributed by atoms with van der Waals surface area (Å²) < 4.78 is 13.4. The average Bonchev–Trinajstić information content (AvgIpc) is 2.99. The van der Waals surface area contributed by atoms with Gasteiger partial charge in [0.25, 0.3) is 0 Å². The number of likely N-dealkylation sites (N-methyl/N-ethyl adjacent to an activating group) is 1. The molecule has 2 aromatic rings. The number of hydrogen-bond donors (Lipinski definition) is 1. The summed E-state index contributed by atoms with van der Waals surface area (Å²) in [5.41, 5.74) is 1.48. The monoisotopic (exact) mass is 332 g/mol. The third-order valence-corrected chi connectivity index (χ3v) is 4.85. The Morgan fingerprint density at radius 1 is 1.38 bits per heavy atom. The van der Waals surface area contributed by atoms with E-state index in [1.807, 2.05) is 18.7 Å². The van der Waals surface area contributed by atoms with Crippen LogP contribution in [-0.2, 0) is 4.79 Å². The Bertz CT molecular complexity index is 710. The molecule has 0 bridgehead atoms. The normalized spacial score (nSPS) is 18.9. The van der Waals surface area contributed by atoms with Gasteiger partial charge in [0.2, 0.25) is 5.91 Å². The van der Waals surface area contributed by atoms with Crippen molar-refractivity contribution in [2.24, 2.45) is 0 Å². The number of rotatable bonds is 5. The molecule has 1 aliphatic rings. The minimum absolute atomic E-state index is 0.0914. The number of nitrogens with one attached hydrogen (secondary N) is 1. The zero-order valence-corrected chi connectivity index (χ0v) is 14.4. The lowest BCUT2D eigenvalue weighted by molar-refractivity contribution is -0.133. The minimum atomic E-state index is -0.269. The van der Waals surface area contributed by atoms with E-state index in [-0.39, 0.29) is 17.8 Å². The average molecular weight is 332 g/mol. The Morgan fingerprint density at radius 3 is 2.92 bits per heavy atom. The maximum absolute atomic E-state index is 13.4. The van der Waals surface area contributed by atoms with E-state index in [9.17, 15) is 9.18 Å². The van der Waals surface area contributed by atoms with Gasteiger partial charge in [0, 0.05) is 13.1 Å². The molecule has 5 nitrogen and oxygen atoms in total. The molecular weight excluding hydrogens is 307 g/mol. The SMILES string of the molecule is CCN(CC)C(=O)CN1CCCC[C@H]1c1nc2ccc(F)cc2[nH]1. The Hall–Kier alpha value is -1.95. The highest BCUT2D eigenvalue weighted by atomic mass is 19.1. The van der Waals surface area contributed by atoms with Crippen LogP contribution in [-0.4, -0.2) is 51.9 Å². The van der Waals surface area contributed by atoms with Gasteiger partial charge in [0.15, 0.2) is 0 Å². The van der Waals surface area contributed by atoms with Gasteiger partial charge in [-0.15, -0.1) is 0 Å². The van der Waals surface area contributed by atoms with E-state index in [0.29, 0.717) is 12.1 Å². The molecule has 0 aliphatic carbocycles. The molecule has 1 fully saturated rings. The number of hydrogen-bond acceptors (Lipinski definition) is 3. The molecular formula is C18H25FN4O. The summed E-state index contributed by atoms with van der Waals surface area (Å²) in [6, 6.07) is 4.68. The summed E-state index contributed by atoms with van der Waals surface area (Å²) in [7, 11) is 0. The van der Waals surface area contributed by atoms with Crippen LogP contribution in [0.3, 0.4) is 0 Å². The van der Waals surface area contributed by atoms with Crippen LogP contribution in [0, 0.1) is 5.82 Å². The summed E-state index contributed by atoms with van der Waals surface area (Å²) in [6.07, 6.45) is 3.18. The number of imidazole rings is 1. The summed E-state index contributed by atoms with van der Waals surface area (Å²) in [6.45, 7) is 6.78. The number of halogens is 1. The molecule has 1 aromatic carbocycles. The standard InChI is InChI=1S/C18H25FN4O/c1-3-22(4-2)17(24)12-23-10-6-5-7-16(23)18-20-14-9-8-13(19)11-15(14)21-18/h8-9,11,16H,3-7,10,12H2,1-2H3,(H,20,21)/t16-/m0/s1. The van der Waals surface area contributed by atoms with E-state index in [1.54, 1.807) is 6.07 Å². The van der Waals surface area contributed by atoms with Crippen molar-refractivity contribution in [1.82, 2.24) is 19.8 Å². The van der Waals surface area contributed by atoms with Crippen LogP contribution >= 0.6 is 0 Å². The number of aromatic amines is 1. The number of carbonyl (C=O) groups is 1. The lowest BCUT2D eigenvalue weighted by Crippen LogP contribution is -2.43. The molecule has 24 heavy (non-hydrogen) atoms. The van der Waals surface area contributed by atoms with Crippen molar-refractivity contribution < 1.29 is 9.18 Å². The van der Waals surface area contributed by atoms with E-state index in [2.05, 4.69) is 14.9 Å². The number of likely N-dealkylation sites (tertiary alicyclic amines) is 1. The first-order valence-corrected chi connectivity index (χ1v) is 8.79. The highest BCUT2D eigenvalue weighted by Gasteiger charge is 2.29. The Morgan fingerprint density at radius 2 is 2.17 bits per heavy atom. The molecule has 6 heteroatoms. The first-order valence-electron chi connectivity index (χ1n) is 8.79. The summed E-state index contributed by atoms with van der Waals surface area (Å²) in [5, 5.41) is 0. The predicted molar refractivity (Wildman–Crippen MR) is 92.1 cm³/mol. The van der Waals surface area contributed by atoms with Crippen molar-refractivity contribution >= 4 is 16.9 Å². The highest BCUT2D eigenvalue weighted by molar-refractivity contribution is 5.78. The van der Waals surface area contributed by atoms with Gasteiger partial charge in [0.1, 0.15) is 11.6 Å². The first kappa shape index (κ1) is 16.9. The molecule has 2 heterocycles. The number of nitrogens with zero attached hydrogens (tertiary/aromatic N) is 3. The number of amides is 1. The van der Waals surface area contributed by atoms with E-state index in [4.69, 9.17) is 0 Å². The quantitative estimate of drug-likeness (QED) is 0.915. The van der Waals surface area contributed by atoms with Crippen LogP contribution in [0.2, 0.25) is 0 Å². The number of H-pyrrole nitrogens is 1. The van der Waals surface area contributed by atoms with Crippen LogP contribution in [0.1, 0.15) is 45.0 Å². The lowest BCUT2D eigenvalue weighted by Gasteiger charge is -2.35. The largest absolute Gasteiger partial charge is 0.342 e. The van der Waals surface area contributed by atoms with Gasteiger partial charge in [0.05, 0.1) is 23.6 Å². The maximum atomic E-state index is 13.4. The summed E-state index contributed by atoms with van der Waals surface area (Å²) in [4.78, 5) is 24.4. The molecule has 1 N–H and O–H groups in total. The lowest BCUT2D eigenvalue weighted by atomic mass is 10.0. The van der Waals surface area contributed by atoms with Gasteiger partial charge in [-0.1, -0.05) is 6.42 Å². The highest BCUT2D eigenvalue weighted by Crippen LogP contribution is 2.30. The molecule has 0 unspecified atom stereocenters. The van der Waals surface area contributed by atoms with E-state index < -0.39 is 0 Å². The third-order valence-electron chi connectivity index (χ3n) is 4.85. The van der Waals surface area contributed by atoms with Crippen LogP contribution < -0.4 is 0 Å². The van der Waals surface area contributed by atoms with Gasteiger partial charge < -0.3 is 9.88 Å². The Balaban J connectivity index is 1.81. The molecule has 0 spiro atoms. The fraction of sp³-hybridized carbons (Fsp3) is 0.556. The van der Waals surface area contributed by atoms with E-state index >= 15 is 0 Å². The van der Waals surface area contributed by atoms with Crippen LogP contribution in [0.4, 0.5) is 4.39 Å². The predicted octanol–water partition coefficient (Wildman–Crippen LogP) is 3.10. The third kappa shape index (κ3) is 3.43.